The van der Waals surface area contributed by atoms with Crippen molar-refractivity contribution in [3.05, 3.63) is 108 Å². The van der Waals surface area contributed by atoms with Crippen LogP contribution in [0.25, 0.3) is 22.4 Å². The summed E-state index contributed by atoms with van der Waals surface area (Å²) in [5, 5.41) is 14.3. The van der Waals surface area contributed by atoms with E-state index < -0.39 is 6.10 Å². The van der Waals surface area contributed by atoms with Crippen LogP contribution in [-0.4, -0.2) is 25.6 Å². The maximum Gasteiger partial charge on any atom is 0.239 e. The smallest absolute Gasteiger partial charge is 0.239 e. The van der Waals surface area contributed by atoms with E-state index in [-0.39, 0.29) is 11.7 Å². The summed E-state index contributed by atoms with van der Waals surface area (Å²) in [5.74, 6) is 0.234. The van der Waals surface area contributed by atoms with Gasteiger partial charge in [0, 0.05) is 16.7 Å². The monoisotopic (exact) mass is 438 g/mol. The molecule has 5 rings (SSSR count). The molecular formula is C25H19FN6O. The molecule has 3 N–H and O–H groups in total. The minimum absolute atomic E-state index is 0.217. The Balaban J connectivity index is 1.65. The number of aromatic nitrogens is 5. The molecule has 2 heterocycles. The van der Waals surface area contributed by atoms with Crippen molar-refractivity contribution in [2.45, 2.75) is 6.10 Å². The van der Waals surface area contributed by atoms with E-state index in [1.165, 1.54) is 12.1 Å². The molecular weight excluding hydrogens is 419 g/mol. The standard InChI is InChI=1S/C25H19FN6O/c26-19-13-11-16(12-14-19)20-15-21(17-7-3-1-4-8-17)28-25(22(20)27)33-23(24-29-31-32-30-24)18-9-5-2-6-10-18/h1-15,23H,27H2,(H,29,30,31,32). The molecule has 0 bridgehead atoms. The number of tetrazole rings is 1. The average Bonchev–Trinajstić information content (AvgIpc) is 3.40. The van der Waals surface area contributed by atoms with Crippen LogP contribution >= 0.6 is 0 Å². The molecule has 5 aromatic rings. The molecule has 2 aromatic heterocycles. The molecule has 1 unspecified atom stereocenters. The van der Waals surface area contributed by atoms with Crippen molar-refractivity contribution in [1.29, 1.82) is 0 Å². The zero-order valence-corrected chi connectivity index (χ0v) is 17.4. The van der Waals surface area contributed by atoms with Crippen molar-refractivity contribution in [1.82, 2.24) is 25.6 Å². The lowest BCUT2D eigenvalue weighted by Crippen LogP contribution is -2.14. The number of ether oxygens (including phenoxy) is 1. The Hall–Kier alpha value is -4.59. The van der Waals surface area contributed by atoms with Crippen molar-refractivity contribution in [2.75, 3.05) is 5.73 Å². The molecule has 0 saturated carbocycles. The quantitative estimate of drug-likeness (QED) is 0.394. The predicted octanol–water partition coefficient (Wildman–Crippen LogP) is 4.82. The normalized spacial score (nSPS) is 11.8. The van der Waals surface area contributed by atoms with Gasteiger partial charge in [0.05, 0.1) is 5.69 Å². The van der Waals surface area contributed by atoms with Gasteiger partial charge in [-0.15, -0.1) is 10.2 Å². The van der Waals surface area contributed by atoms with Crippen LogP contribution in [-0.2, 0) is 0 Å². The molecule has 8 heteroatoms. The van der Waals surface area contributed by atoms with Crippen LogP contribution in [0.15, 0.2) is 91.0 Å². The van der Waals surface area contributed by atoms with Gasteiger partial charge in [-0.3, -0.25) is 0 Å². The molecule has 0 amide bonds. The second-order valence-corrected chi connectivity index (χ2v) is 7.33. The summed E-state index contributed by atoms with van der Waals surface area (Å²) in [5.41, 5.74) is 10.7. The zero-order valence-electron chi connectivity index (χ0n) is 17.4. The predicted molar refractivity (Wildman–Crippen MR) is 123 cm³/mol. The molecule has 0 aliphatic carbocycles. The van der Waals surface area contributed by atoms with Crippen LogP contribution in [0.4, 0.5) is 10.1 Å². The molecule has 0 radical (unpaired) electrons. The first-order valence-electron chi connectivity index (χ1n) is 10.3. The highest BCUT2D eigenvalue weighted by Crippen LogP contribution is 2.38. The summed E-state index contributed by atoms with van der Waals surface area (Å²) in [4.78, 5) is 4.71. The van der Waals surface area contributed by atoms with Gasteiger partial charge in [-0.25, -0.2) is 9.37 Å². The van der Waals surface area contributed by atoms with Gasteiger partial charge in [-0.1, -0.05) is 78.0 Å². The lowest BCUT2D eigenvalue weighted by atomic mass is 10.0. The van der Waals surface area contributed by atoms with E-state index in [4.69, 9.17) is 15.5 Å². The molecule has 0 fully saturated rings. The SMILES string of the molecule is Nc1c(-c2ccc(F)cc2)cc(-c2ccccc2)nc1OC(c1ccccc1)c1nn[nH]n1. The van der Waals surface area contributed by atoms with Gasteiger partial charge in [-0.2, -0.15) is 5.21 Å². The number of hydrogen-bond donors (Lipinski definition) is 2. The lowest BCUT2D eigenvalue weighted by molar-refractivity contribution is 0.229. The topological polar surface area (TPSA) is 103 Å². The lowest BCUT2D eigenvalue weighted by Gasteiger charge is -2.19. The third-order valence-electron chi connectivity index (χ3n) is 5.18. The summed E-state index contributed by atoms with van der Waals surface area (Å²) in [6.45, 7) is 0. The Labute approximate surface area is 189 Å². The molecule has 33 heavy (non-hydrogen) atoms. The summed E-state index contributed by atoms with van der Waals surface area (Å²) in [6, 6.07) is 27.2. The number of aromatic amines is 1. The van der Waals surface area contributed by atoms with Gasteiger partial charge in [0.2, 0.25) is 11.7 Å². The van der Waals surface area contributed by atoms with Gasteiger partial charge in [0.15, 0.2) is 6.10 Å². The van der Waals surface area contributed by atoms with Gasteiger partial charge in [-0.05, 0) is 23.8 Å². The number of anilines is 1. The van der Waals surface area contributed by atoms with E-state index in [1.54, 1.807) is 12.1 Å². The minimum Gasteiger partial charge on any atom is -0.459 e. The zero-order chi connectivity index (χ0) is 22.6. The number of rotatable bonds is 6. The first-order chi connectivity index (χ1) is 16.2. The molecule has 1 atom stereocenters. The van der Waals surface area contributed by atoms with E-state index in [2.05, 4.69) is 20.6 Å². The highest BCUT2D eigenvalue weighted by Gasteiger charge is 2.24. The molecule has 7 nitrogen and oxygen atoms in total. The highest BCUT2D eigenvalue weighted by atomic mass is 19.1. The number of hydrogen-bond acceptors (Lipinski definition) is 6. The summed E-state index contributed by atoms with van der Waals surface area (Å²) in [7, 11) is 0. The van der Waals surface area contributed by atoms with Crippen molar-refractivity contribution >= 4 is 5.69 Å². The number of halogens is 1. The second-order valence-electron chi connectivity index (χ2n) is 7.33. The first-order valence-corrected chi connectivity index (χ1v) is 10.3. The minimum atomic E-state index is -0.688. The number of nitrogens with one attached hydrogen (secondary N) is 1. The van der Waals surface area contributed by atoms with Gasteiger partial charge in [0.1, 0.15) is 11.5 Å². The highest BCUT2D eigenvalue weighted by molar-refractivity contribution is 5.83. The molecule has 0 aliphatic heterocycles. The van der Waals surface area contributed by atoms with E-state index >= 15 is 0 Å². The summed E-state index contributed by atoms with van der Waals surface area (Å²) < 4.78 is 19.9. The maximum atomic E-state index is 13.6. The number of pyridine rings is 1. The van der Waals surface area contributed by atoms with Crippen LogP contribution in [0.1, 0.15) is 17.5 Å². The van der Waals surface area contributed by atoms with Crippen LogP contribution in [0.5, 0.6) is 5.88 Å². The Morgan fingerprint density at radius 3 is 2.21 bits per heavy atom. The van der Waals surface area contributed by atoms with Gasteiger partial charge in [0.25, 0.3) is 0 Å². The van der Waals surface area contributed by atoms with Crippen molar-refractivity contribution in [3.63, 3.8) is 0 Å². The van der Waals surface area contributed by atoms with E-state index in [9.17, 15) is 4.39 Å². The number of nitrogens with two attached hydrogens (primary N) is 1. The van der Waals surface area contributed by atoms with Gasteiger partial charge >= 0.3 is 0 Å². The van der Waals surface area contributed by atoms with Crippen LogP contribution < -0.4 is 10.5 Å². The summed E-state index contributed by atoms with van der Waals surface area (Å²) >= 11 is 0. The van der Waals surface area contributed by atoms with E-state index in [1.807, 2.05) is 66.7 Å². The maximum absolute atomic E-state index is 13.6. The van der Waals surface area contributed by atoms with E-state index in [0.717, 1.165) is 16.7 Å². The molecule has 0 aliphatic rings. The average molecular weight is 438 g/mol. The Morgan fingerprint density at radius 1 is 0.848 bits per heavy atom. The van der Waals surface area contributed by atoms with Crippen molar-refractivity contribution < 1.29 is 9.13 Å². The van der Waals surface area contributed by atoms with Crippen molar-refractivity contribution in [2.24, 2.45) is 0 Å². The number of benzene rings is 3. The third kappa shape index (κ3) is 4.27. The number of nitrogens with zero attached hydrogens (tertiary/aromatic N) is 4. The fourth-order valence-electron chi connectivity index (χ4n) is 3.54. The van der Waals surface area contributed by atoms with Crippen LogP contribution in [0, 0.1) is 5.82 Å². The number of nitrogen functional groups attached to an aromatic ring is 1. The van der Waals surface area contributed by atoms with Crippen LogP contribution in [0.3, 0.4) is 0 Å². The number of H-pyrrole nitrogens is 1. The third-order valence-corrected chi connectivity index (χ3v) is 5.18. The van der Waals surface area contributed by atoms with Crippen molar-refractivity contribution in [3.8, 4) is 28.3 Å². The van der Waals surface area contributed by atoms with Gasteiger partial charge < -0.3 is 10.5 Å². The molecule has 3 aromatic carbocycles. The molecule has 0 saturated heterocycles. The fraction of sp³-hybridized carbons (Fsp3) is 0.0400. The Bertz CT molecular complexity index is 1340. The van der Waals surface area contributed by atoms with E-state index in [0.29, 0.717) is 22.8 Å². The Kier molecular flexibility index (Phi) is 5.47. The summed E-state index contributed by atoms with van der Waals surface area (Å²) in [6.07, 6.45) is -0.688. The molecule has 162 valence electrons. The second kappa shape index (κ2) is 8.88. The largest absolute Gasteiger partial charge is 0.459 e. The first kappa shape index (κ1) is 20.3. The van der Waals surface area contributed by atoms with Crippen LogP contribution in [0.2, 0.25) is 0 Å². The Morgan fingerprint density at radius 2 is 1.55 bits per heavy atom. The fourth-order valence-corrected chi connectivity index (χ4v) is 3.54. The molecule has 0 spiro atoms.